The molecule has 1 aromatic heterocycles. The van der Waals surface area contributed by atoms with Crippen LogP contribution >= 0.6 is 22.6 Å². The third-order valence-electron chi connectivity index (χ3n) is 7.38. The van der Waals surface area contributed by atoms with Crippen LogP contribution in [-0.4, -0.2) is 34.5 Å². The van der Waals surface area contributed by atoms with E-state index in [-0.39, 0.29) is 23.8 Å². The van der Waals surface area contributed by atoms with Crippen molar-refractivity contribution in [3.8, 4) is 28.6 Å². The largest absolute Gasteiger partial charge is 0.494 e. The normalized spacial score (nSPS) is 11.4. The van der Waals surface area contributed by atoms with Gasteiger partial charge in [0.2, 0.25) is 0 Å². The smallest absolute Gasteiger partial charge is 0.282 e. The highest BCUT2D eigenvalue weighted by Gasteiger charge is 2.19. The van der Waals surface area contributed by atoms with Crippen LogP contribution in [0, 0.1) is 20.6 Å². The number of rotatable bonds is 11. The maximum absolute atomic E-state index is 13.9. The number of hydrogen-bond acceptors (Lipinski definition) is 8. The van der Waals surface area contributed by atoms with Crippen molar-refractivity contribution in [1.29, 1.82) is 0 Å². The van der Waals surface area contributed by atoms with Gasteiger partial charge in [0, 0.05) is 17.7 Å². The molecule has 46 heavy (non-hydrogen) atoms. The minimum absolute atomic E-state index is 0.0153. The summed E-state index contributed by atoms with van der Waals surface area (Å²) in [6, 6.07) is 21.1. The van der Waals surface area contributed by atoms with E-state index in [1.54, 1.807) is 43.7 Å². The number of nitro benzene ring substituents is 1. The molecule has 236 valence electrons. The van der Waals surface area contributed by atoms with Crippen LogP contribution in [0.4, 0.5) is 5.69 Å². The first-order valence-corrected chi connectivity index (χ1v) is 15.8. The summed E-state index contributed by atoms with van der Waals surface area (Å²) in [5.74, 6) is 2.42. The molecule has 0 saturated heterocycles. The van der Waals surface area contributed by atoms with Gasteiger partial charge in [-0.2, -0.15) is 9.78 Å². The third-order valence-corrected chi connectivity index (χ3v) is 8.18. The lowest BCUT2D eigenvalue weighted by molar-refractivity contribution is -0.384. The molecular weight excluding hydrogens is 699 g/mol. The molecule has 0 aliphatic heterocycles. The molecule has 4 aromatic carbocycles. The number of ether oxygens (including phenoxy) is 3. The third kappa shape index (κ3) is 6.89. The van der Waals surface area contributed by atoms with E-state index in [4.69, 9.17) is 19.2 Å². The number of aromatic nitrogens is 2. The minimum Gasteiger partial charge on any atom is -0.494 e. The summed E-state index contributed by atoms with van der Waals surface area (Å²) in [5, 5.41) is 16.1. The van der Waals surface area contributed by atoms with E-state index in [2.05, 4.69) is 41.5 Å². The molecule has 0 bridgehead atoms. The van der Waals surface area contributed by atoms with Gasteiger partial charge in [0.05, 0.1) is 39.3 Å². The maximum Gasteiger partial charge on any atom is 0.282 e. The van der Waals surface area contributed by atoms with Crippen molar-refractivity contribution in [1.82, 2.24) is 9.66 Å². The minimum atomic E-state index is -0.440. The van der Waals surface area contributed by atoms with Gasteiger partial charge in [-0.1, -0.05) is 26.0 Å². The number of aryl methyl sites for hydroxylation is 1. The fourth-order valence-electron chi connectivity index (χ4n) is 5.02. The van der Waals surface area contributed by atoms with Crippen LogP contribution in [0.3, 0.4) is 0 Å². The van der Waals surface area contributed by atoms with Gasteiger partial charge in [-0.05, 0) is 113 Å². The molecule has 5 rings (SSSR count). The Kier molecular flexibility index (Phi) is 10.0. The van der Waals surface area contributed by atoms with Crippen molar-refractivity contribution >= 4 is 45.4 Å². The summed E-state index contributed by atoms with van der Waals surface area (Å²) < 4.78 is 19.7. The highest BCUT2D eigenvalue weighted by molar-refractivity contribution is 14.1. The molecule has 0 unspecified atom stereocenters. The molecule has 10 nitrogen and oxygen atoms in total. The number of nitrogens with zero attached hydrogens (tertiary/aromatic N) is 4. The predicted octanol–water partition coefficient (Wildman–Crippen LogP) is 7.88. The summed E-state index contributed by atoms with van der Waals surface area (Å²) in [6.45, 7) is 8.87. The molecule has 1 heterocycles. The van der Waals surface area contributed by atoms with E-state index < -0.39 is 4.92 Å². The molecule has 5 aromatic rings. The molecule has 0 N–H and O–H groups in total. The summed E-state index contributed by atoms with van der Waals surface area (Å²) in [5.41, 5.74) is 4.47. The van der Waals surface area contributed by atoms with Gasteiger partial charge in [0.1, 0.15) is 12.4 Å². The van der Waals surface area contributed by atoms with Gasteiger partial charge in [-0.25, -0.2) is 4.98 Å². The van der Waals surface area contributed by atoms with Crippen molar-refractivity contribution in [3.05, 3.63) is 119 Å². The van der Waals surface area contributed by atoms with Gasteiger partial charge in [0.15, 0.2) is 17.3 Å². The summed E-state index contributed by atoms with van der Waals surface area (Å²) in [6.07, 6.45) is 1.60. The average Bonchev–Trinajstić information content (AvgIpc) is 3.04. The van der Waals surface area contributed by atoms with Crippen LogP contribution in [0.2, 0.25) is 0 Å². The van der Waals surface area contributed by atoms with E-state index in [1.165, 1.54) is 16.8 Å². The van der Waals surface area contributed by atoms with Gasteiger partial charge in [-0.15, -0.1) is 0 Å². The fourth-order valence-corrected chi connectivity index (χ4v) is 5.81. The summed E-state index contributed by atoms with van der Waals surface area (Å²) in [4.78, 5) is 29.3. The standard InChI is InChI=1S/C35H33IN4O6/c1-6-45-31-15-22(4)28(18-27(31)21(2)3)34-38-30-10-8-7-9-26(30)35(41)39(34)37-19-24-16-29(36)33(32(17-24)44-5)46-20-23-11-13-25(14-12-23)40(42)43/h7-19,21H,6,20H2,1-5H3. The maximum atomic E-state index is 13.9. The Morgan fingerprint density at radius 2 is 1.78 bits per heavy atom. The van der Waals surface area contributed by atoms with Gasteiger partial charge < -0.3 is 14.2 Å². The molecule has 0 amide bonds. The second-order valence-electron chi connectivity index (χ2n) is 10.9. The first-order chi connectivity index (χ1) is 22.1. The second kappa shape index (κ2) is 14.1. The number of para-hydroxylation sites is 1. The second-order valence-corrected chi connectivity index (χ2v) is 12.0. The number of hydrogen-bond donors (Lipinski definition) is 0. The lowest BCUT2D eigenvalue weighted by Gasteiger charge is -2.18. The molecular formula is C35H33IN4O6. The number of fused-ring (bicyclic) bond motifs is 1. The van der Waals surface area contributed by atoms with Crippen molar-refractivity contribution < 1.29 is 19.1 Å². The van der Waals surface area contributed by atoms with Crippen molar-refractivity contribution in [3.63, 3.8) is 0 Å². The van der Waals surface area contributed by atoms with Gasteiger partial charge >= 0.3 is 0 Å². The predicted molar refractivity (Wildman–Crippen MR) is 188 cm³/mol. The average molecular weight is 733 g/mol. The van der Waals surface area contributed by atoms with Crippen LogP contribution in [0.5, 0.6) is 17.2 Å². The van der Waals surface area contributed by atoms with Crippen LogP contribution < -0.4 is 19.8 Å². The Morgan fingerprint density at radius 1 is 1.04 bits per heavy atom. The van der Waals surface area contributed by atoms with Crippen LogP contribution in [0.25, 0.3) is 22.3 Å². The van der Waals surface area contributed by atoms with Gasteiger partial charge in [-0.3, -0.25) is 14.9 Å². The summed E-state index contributed by atoms with van der Waals surface area (Å²) in [7, 11) is 1.54. The number of halogens is 1. The first-order valence-electron chi connectivity index (χ1n) is 14.7. The monoisotopic (exact) mass is 732 g/mol. The SMILES string of the molecule is CCOc1cc(C)c(-c2nc3ccccc3c(=O)n2N=Cc2cc(I)c(OCc3ccc([N+](=O)[O-])cc3)c(OC)c2)cc1C(C)C. The van der Waals surface area contributed by atoms with E-state index >= 15 is 0 Å². The Morgan fingerprint density at radius 3 is 2.46 bits per heavy atom. The molecule has 0 aliphatic carbocycles. The molecule has 0 fully saturated rings. The lowest BCUT2D eigenvalue weighted by Crippen LogP contribution is -2.21. The number of non-ortho nitro benzene ring substituents is 1. The Bertz CT molecular complexity index is 2000. The Hall–Kier alpha value is -4.78. The van der Waals surface area contributed by atoms with Crippen LogP contribution in [0.1, 0.15) is 48.9 Å². The molecule has 0 atom stereocenters. The first kappa shape index (κ1) is 32.6. The zero-order valence-electron chi connectivity index (χ0n) is 26.1. The highest BCUT2D eigenvalue weighted by atomic mass is 127. The van der Waals surface area contributed by atoms with Crippen LogP contribution in [0.15, 0.2) is 82.7 Å². The molecule has 0 spiro atoms. The molecule has 0 radical (unpaired) electrons. The molecule has 11 heteroatoms. The van der Waals surface area contributed by atoms with Crippen LogP contribution in [-0.2, 0) is 6.61 Å². The number of benzene rings is 4. The zero-order valence-corrected chi connectivity index (χ0v) is 28.3. The molecule has 0 saturated carbocycles. The highest BCUT2D eigenvalue weighted by Crippen LogP contribution is 2.36. The van der Waals surface area contributed by atoms with Gasteiger partial charge in [0.25, 0.3) is 11.2 Å². The fraction of sp³-hybridized carbons (Fsp3) is 0.229. The van der Waals surface area contributed by atoms with E-state index in [0.717, 1.165) is 31.6 Å². The van der Waals surface area contributed by atoms with Crippen molar-refractivity contribution in [2.75, 3.05) is 13.7 Å². The number of nitro groups is 1. The quantitative estimate of drug-likeness (QED) is 0.0587. The Labute approximate surface area is 280 Å². The zero-order chi connectivity index (χ0) is 33.0. The Balaban J connectivity index is 1.55. The number of methoxy groups -OCH3 is 1. The summed E-state index contributed by atoms with van der Waals surface area (Å²) >= 11 is 2.16. The topological polar surface area (TPSA) is 118 Å². The van der Waals surface area contributed by atoms with Crippen molar-refractivity contribution in [2.24, 2.45) is 5.10 Å². The van der Waals surface area contributed by atoms with E-state index in [9.17, 15) is 14.9 Å². The molecule has 0 aliphatic rings. The lowest BCUT2D eigenvalue weighted by atomic mass is 9.96. The van der Waals surface area contributed by atoms with E-state index in [0.29, 0.717) is 40.4 Å². The van der Waals surface area contributed by atoms with Crippen molar-refractivity contribution in [2.45, 2.75) is 40.2 Å². The van der Waals surface area contributed by atoms with E-state index in [1.807, 2.05) is 44.2 Å².